The van der Waals surface area contributed by atoms with E-state index in [1.165, 1.54) is 24.3 Å². The molecule has 4 aromatic carbocycles. The fourth-order valence-electron chi connectivity index (χ4n) is 4.85. The van der Waals surface area contributed by atoms with Gasteiger partial charge in [-0.1, -0.05) is 0 Å². The van der Waals surface area contributed by atoms with Gasteiger partial charge in [0.05, 0.1) is 0 Å². The molecular weight excluding hydrogens is 539 g/mol. The molecule has 37 heavy (non-hydrogen) atoms. The number of anilines is 2. The molecule has 0 saturated heterocycles. The molecule has 2 aliphatic rings. The number of aromatic carboxylic acids is 2. The molecule has 2 amide bonds. The van der Waals surface area contributed by atoms with Gasteiger partial charge in [-0.3, -0.25) is 0 Å². The van der Waals surface area contributed by atoms with Crippen LogP contribution >= 0.6 is 0 Å². The van der Waals surface area contributed by atoms with Crippen LogP contribution in [0.1, 0.15) is 41.4 Å². The zero-order chi connectivity index (χ0) is 25.9. The number of hydrogen-bond acceptors (Lipinski definition) is 4. The molecule has 0 saturated carbocycles. The Bertz CT molecular complexity index is 1510. The van der Waals surface area contributed by atoms with Crippen LogP contribution in [0.25, 0.3) is 0 Å². The van der Waals surface area contributed by atoms with Crippen LogP contribution in [0.5, 0.6) is 0 Å². The van der Waals surface area contributed by atoms with E-state index in [4.69, 9.17) is 0 Å². The number of fused-ring (bicyclic) bond motifs is 4. The number of amides is 2. The van der Waals surface area contributed by atoms with Crippen LogP contribution in [0.4, 0.5) is 11.4 Å². The molecule has 8 nitrogen and oxygen atoms in total. The summed E-state index contributed by atoms with van der Waals surface area (Å²) in [5.74, 6) is -2.74. The van der Waals surface area contributed by atoms with E-state index < -0.39 is 25.2 Å². The van der Waals surface area contributed by atoms with E-state index in [-0.39, 0.29) is 22.9 Å². The number of carbonyl (C=O) groups is 4. The van der Waals surface area contributed by atoms with E-state index in [0.717, 1.165) is 8.92 Å². The molecule has 182 valence electrons. The summed E-state index contributed by atoms with van der Waals surface area (Å²) in [4.78, 5) is 51.1. The van der Waals surface area contributed by atoms with Crippen LogP contribution in [0.2, 0.25) is 0 Å². The van der Waals surface area contributed by atoms with Gasteiger partial charge in [-0.2, -0.15) is 0 Å². The molecule has 2 N–H and O–H groups in total. The Balaban J connectivity index is 1.68. The predicted octanol–water partition coefficient (Wildman–Crippen LogP) is 2.96. The maximum atomic E-state index is 14.0. The van der Waals surface area contributed by atoms with E-state index in [2.05, 4.69) is 0 Å². The van der Waals surface area contributed by atoms with Crippen molar-refractivity contribution in [1.82, 2.24) is 0 Å². The van der Waals surface area contributed by atoms with Gasteiger partial charge in [0, 0.05) is 0 Å². The maximum absolute atomic E-state index is 14.0. The first-order valence-corrected chi connectivity index (χ1v) is 14.5. The molecule has 6 rings (SSSR count). The van der Waals surface area contributed by atoms with Crippen molar-refractivity contribution in [1.29, 1.82) is 0 Å². The molecule has 1 spiro atoms. The van der Waals surface area contributed by atoms with Gasteiger partial charge in [0.1, 0.15) is 0 Å². The summed E-state index contributed by atoms with van der Waals surface area (Å²) in [6, 6.07) is 26.5. The Morgan fingerprint density at radius 2 is 0.892 bits per heavy atom. The van der Waals surface area contributed by atoms with Crippen molar-refractivity contribution in [3.8, 4) is 0 Å². The van der Waals surface area contributed by atoms with Crippen molar-refractivity contribution in [2.75, 3.05) is 7.83 Å². The minimum atomic E-state index is -3.87. The normalized spacial score (nSPS) is 16.0. The topological polar surface area (TPSA) is 115 Å². The fourth-order valence-corrected chi connectivity index (χ4v) is 13.6. The van der Waals surface area contributed by atoms with Crippen molar-refractivity contribution >= 4 is 57.3 Å². The van der Waals surface area contributed by atoms with Crippen LogP contribution in [0.15, 0.2) is 97.1 Å². The third kappa shape index (κ3) is 3.08. The Hall–Kier alpha value is -4.72. The SMILES string of the molecule is O=C(O)c1ccc(N2C(=O)c3ccccc3[Se]23c2ccccc2C(=O)N3c2ccc(C(=O)O)cc2)cc1. The second-order valence-corrected chi connectivity index (χ2v) is 14.1. The van der Waals surface area contributed by atoms with E-state index in [0.29, 0.717) is 22.5 Å². The molecule has 2 heterocycles. The third-order valence-electron chi connectivity index (χ3n) is 6.44. The number of carboxylic acids is 2. The molecule has 0 atom stereocenters. The summed E-state index contributed by atoms with van der Waals surface area (Å²) < 4.78 is 4.82. The third-order valence-corrected chi connectivity index (χ3v) is 14.3. The Labute approximate surface area is 213 Å². The van der Waals surface area contributed by atoms with Crippen LogP contribution in [-0.4, -0.2) is 47.2 Å². The zero-order valence-corrected chi connectivity index (χ0v) is 20.8. The average Bonchev–Trinajstić information content (AvgIpc) is 3.33. The van der Waals surface area contributed by atoms with Gasteiger partial charge >= 0.3 is 214 Å². The molecule has 0 radical (unpaired) electrons. The van der Waals surface area contributed by atoms with Gasteiger partial charge in [-0.15, -0.1) is 0 Å². The summed E-state index contributed by atoms with van der Waals surface area (Å²) in [7, 11) is 0. The fraction of sp³-hybridized carbons (Fsp3) is 0. The van der Waals surface area contributed by atoms with Crippen LogP contribution in [0.3, 0.4) is 0 Å². The van der Waals surface area contributed by atoms with Gasteiger partial charge < -0.3 is 0 Å². The molecular formula is C28H18N2O6Se. The van der Waals surface area contributed by atoms with Crippen molar-refractivity contribution in [2.45, 2.75) is 0 Å². The van der Waals surface area contributed by atoms with E-state index in [9.17, 15) is 29.4 Å². The number of hydrogen-bond donors (Lipinski definition) is 2. The number of carbonyl (C=O) groups excluding carboxylic acids is 2. The molecule has 2 aliphatic heterocycles. The zero-order valence-electron chi connectivity index (χ0n) is 19.1. The Morgan fingerprint density at radius 1 is 0.541 bits per heavy atom. The molecule has 4 aromatic rings. The molecule has 9 heteroatoms. The molecule has 0 fully saturated rings. The number of carboxylic acid groups (broad SMARTS) is 2. The van der Waals surface area contributed by atoms with Gasteiger partial charge in [-0.05, 0) is 0 Å². The first-order chi connectivity index (χ1) is 17.9. The van der Waals surface area contributed by atoms with Gasteiger partial charge in [-0.25, -0.2) is 0 Å². The number of nitrogens with zero attached hydrogens (tertiary/aromatic N) is 2. The molecule has 0 aromatic heterocycles. The van der Waals surface area contributed by atoms with E-state index in [1.807, 2.05) is 24.3 Å². The summed E-state index contributed by atoms with van der Waals surface area (Å²) >= 11 is -3.87. The summed E-state index contributed by atoms with van der Waals surface area (Å²) in [5, 5.41) is 18.8. The van der Waals surface area contributed by atoms with Gasteiger partial charge in [0.2, 0.25) is 0 Å². The quantitative estimate of drug-likeness (QED) is 0.373. The molecule has 0 aliphatic carbocycles. The van der Waals surface area contributed by atoms with E-state index >= 15 is 0 Å². The van der Waals surface area contributed by atoms with Crippen LogP contribution < -0.4 is 16.8 Å². The van der Waals surface area contributed by atoms with Gasteiger partial charge in [0.25, 0.3) is 0 Å². The Kier molecular flexibility index (Phi) is 5.01. The molecule has 0 unspecified atom stereocenters. The minimum absolute atomic E-state index is 0.0784. The van der Waals surface area contributed by atoms with Crippen LogP contribution in [-0.2, 0) is 0 Å². The average molecular weight is 557 g/mol. The second-order valence-electron chi connectivity index (χ2n) is 8.44. The van der Waals surface area contributed by atoms with Crippen LogP contribution in [0, 0.1) is 0 Å². The number of benzene rings is 4. The second kappa shape index (κ2) is 8.16. The predicted molar refractivity (Wildman–Crippen MR) is 138 cm³/mol. The summed E-state index contributed by atoms with van der Waals surface area (Å²) in [6.45, 7) is 0. The van der Waals surface area contributed by atoms with Crippen molar-refractivity contribution in [2.24, 2.45) is 0 Å². The van der Waals surface area contributed by atoms with E-state index in [1.54, 1.807) is 56.4 Å². The van der Waals surface area contributed by atoms with Gasteiger partial charge in [0.15, 0.2) is 0 Å². The molecule has 0 bridgehead atoms. The first kappa shape index (κ1) is 22.7. The Morgan fingerprint density at radius 3 is 1.24 bits per heavy atom. The van der Waals surface area contributed by atoms with Crippen molar-refractivity contribution < 1.29 is 29.4 Å². The monoisotopic (exact) mass is 558 g/mol. The first-order valence-electron chi connectivity index (χ1n) is 11.2. The van der Waals surface area contributed by atoms with Crippen molar-refractivity contribution in [3.05, 3.63) is 119 Å². The van der Waals surface area contributed by atoms with Crippen molar-refractivity contribution in [3.63, 3.8) is 0 Å². The number of rotatable bonds is 4. The standard InChI is InChI=1S/C28H18N2O6Se/c31-25-21-5-1-3-7-23(21)37(29(25)19-13-9-17(10-14-19)27(33)34)24-8-4-2-6-22(24)26(32)30(37)20-15-11-18(12-16-20)28(35)36/h1-16H,(H,33,34)(H,35,36). The summed E-state index contributed by atoms with van der Waals surface area (Å²) in [6.07, 6.45) is 0. The summed E-state index contributed by atoms with van der Waals surface area (Å²) in [5.41, 5.74) is 2.05.